The number of rotatable bonds is 3. The summed E-state index contributed by atoms with van der Waals surface area (Å²) in [5.41, 5.74) is -0.0467. The molecule has 19 heavy (non-hydrogen) atoms. The fourth-order valence-corrected chi connectivity index (χ4v) is 1.80. The number of carbonyl (C=O) groups excluding carboxylic acids is 2. The molecule has 7 heteroatoms. The van der Waals surface area contributed by atoms with Gasteiger partial charge in [0, 0.05) is 6.42 Å². The van der Waals surface area contributed by atoms with Crippen molar-refractivity contribution in [1.29, 1.82) is 0 Å². The SMILES string of the molecule is O=C1CCC(C(=O)Nc2cc(C(=O)O)ccc2O)N1. The van der Waals surface area contributed by atoms with Crippen LogP contribution in [0, 0.1) is 0 Å². The number of benzene rings is 1. The zero-order valence-electron chi connectivity index (χ0n) is 9.84. The Kier molecular flexibility index (Phi) is 3.37. The van der Waals surface area contributed by atoms with Gasteiger partial charge in [0.25, 0.3) is 0 Å². The molecule has 2 rings (SSSR count). The van der Waals surface area contributed by atoms with Gasteiger partial charge in [0.2, 0.25) is 11.8 Å². The highest BCUT2D eigenvalue weighted by molar-refractivity contribution is 6.00. The van der Waals surface area contributed by atoms with Gasteiger partial charge >= 0.3 is 5.97 Å². The maximum atomic E-state index is 11.8. The number of carboxylic acids is 1. The van der Waals surface area contributed by atoms with E-state index in [0.717, 1.165) is 6.07 Å². The summed E-state index contributed by atoms with van der Waals surface area (Å²) in [6, 6.07) is 2.92. The molecule has 1 aromatic carbocycles. The number of hydrogen-bond acceptors (Lipinski definition) is 4. The summed E-state index contributed by atoms with van der Waals surface area (Å²) in [5.74, 6) is -2.08. The normalized spacial score (nSPS) is 17.9. The molecule has 1 saturated heterocycles. The number of carboxylic acid groups (broad SMARTS) is 1. The number of aromatic carboxylic acids is 1. The monoisotopic (exact) mass is 264 g/mol. The van der Waals surface area contributed by atoms with Crippen molar-refractivity contribution in [2.24, 2.45) is 0 Å². The minimum atomic E-state index is -1.16. The van der Waals surface area contributed by atoms with E-state index in [1.807, 2.05) is 0 Å². The Balaban J connectivity index is 2.14. The maximum Gasteiger partial charge on any atom is 0.335 e. The largest absolute Gasteiger partial charge is 0.506 e. The van der Waals surface area contributed by atoms with E-state index in [2.05, 4.69) is 10.6 Å². The predicted molar refractivity (Wildman–Crippen MR) is 64.9 cm³/mol. The van der Waals surface area contributed by atoms with Crippen molar-refractivity contribution in [2.45, 2.75) is 18.9 Å². The van der Waals surface area contributed by atoms with Crippen LogP contribution in [0.5, 0.6) is 5.75 Å². The van der Waals surface area contributed by atoms with Gasteiger partial charge in [-0.1, -0.05) is 0 Å². The van der Waals surface area contributed by atoms with Gasteiger partial charge in [0.15, 0.2) is 0 Å². The lowest BCUT2D eigenvalue weighted by molar-refractivity contribution is -0.122. The smallest absolute Gasteiger partial charge is 0.335 e. The number of amides is 2. The first-order chi connectivity index (χ1) is 8.97. The second-order valence-electron chi connectivity index (χ2n) is 4.19. The molecule has 1 unspecified atom stereocenters. The third-order valence-electron chi connectivity index (χ3n) is 2.81. The number of carbonyl (C=O) groups is 3. The van der Waals surface area contributed by atoms with E-state index in [4.69, 9.17) is 5.11 Å². The molecule has 0 bridgehead atoms. The molecule has 0 aliphatic carbocycles. The molecular weight excluding hydrogens is 252 g/mol. The highest BCUT2D eigenvalue weighted by Gasteiger charge is 2.27. The average molecular weight is 264 g/mol. The van der Waals surface area contributed by atoms with Crippen molar-refractivity contribution in [3.05, 3.63) is 23.8 Å². The zero-order valence-corrected chi connectivity index (χ0v) is 9.84. The van der Waals surface area contributed by atoms with Crippen molar-refractivity contribution in [3.63, 3.8) is 0 Å². The van der Waals surface area contributed by atoms with Gasteiger partial charge in [0.1, 0.15) is 11.8 Å². The van der Waals surface area contributed by atoms with Gasteiger partial charge in [-0.3, -0.25) is 9.59 Å². The Morgan fingerprint density at radius 3 is 2.68 bits per heavy atom. The van der Waals surface area contributed by atoms with Crippen LogP contribution in [-0.2, 0) is 9.59 Å². The van der Waals surface area contributed by atoms with Crippen LogP contribution in [0.4, 0.5) is 5.69 Å². The van der Waals surface area contributed by atoms with Gasteiger partial charge in [-0.2, -0.15) is 0 Å². The van der Waals surface area contributed by atoms with Crippen LogP contribution in [0.3, 0.4) is 0 Å². The van der Waals surface area contributed by atoms with Gasteiger partial charge in [0.05, 0.1) is 11.3 Å². The van der Waals surface area contributed by atoms with E-state index in [9.17, 15) is 19.5 Å². The first-order valence-electron chi connectivity index (χ1n) is 5.64. The molecule has 4 N–H and O–H groups in total. The summed E-state index contributed by atoms with van der Waals surface area (Å²) < 4.78 is 0. The van der Waals surface area contributed by atoms with Crippen LogP contribution in [-0.4, -0.2) is 34.0 Å². The predicted octanol–water partition coefficient (Wildman–Crippen LogP) is 0.308. The van der Waals surface area contributed by atoms with E-state index < -0.39 is 17.9 Å². The van der Waals surface area contributed by atoms with E-state index >= 15 is 0 Å². The Morgan fingerprint density at radius 1 is 1.37 bits per heavy atom. The summed E-state index contributed by atoms with van der Waals surface area (Å²) in [4.78, 5) is 33.6. The van der Waals surface area contributed by atoms with Crippen molar-refractivity contribution in [2.75, 3.05) is 5.32 Å². The summed E-state index contributed by atoms with van der Waals surface area (Å²) in [6.07, 6.45) is 0.656. The van der Waals surface area contributed by atoms with Crippen LogP contribution in [0.1, 0.15) is 23.2 Å². The van der Waals surface area contributed by atoms with Crippen LogP contribution in [0.2, 0.25) is 0 Å². The minimum absolute atomic E-state index is 0.00560. The number of nitrogens with one attached hydrogen (secondary N) is 2. The summed E-state index contributed by atoms with van der Waals surface area (Å²) in [6.45, 7) is 0. The van der Waals surface area contributed by atoms with Crippen LogP contribution in [0.15, 0.2) is 18.2 Å². The molecule has 1 heterocycles. The topological polar surface area (TPSA) is 116 Å². The first kappa shape index (κ1) is 12.9. The van der Waals surface area contributed by atoms with E-state index in [1.54, 1.807) is 0 Å². The molecule has 0 saturated carbocycles. The first-order valence-corrected chi connectivity index (χ1v) is 5.64. The summed E-state index contributed by atoms with van der Waals surface area (Å²) in [7, 11) is 0. The standard InChI is InChI=1S/C12H12N2O5/c15-9-3-1-6(12(18)19)5-8(9)14-11(17)7-2-4-10(16)13-7/h1,3,5,7,15H,2,4H2,(H,13,16)(H,14,17)(H,18,19). The molecule has 2 amide bonds. The number of hydrogen-bond donors (Lipinski definition) is 4. The maximum absolute atomic E-state index is 11.8. The van der Waals surface area contributed by atoms with Crippen LogP contribution >= 0.6 is 0 Å². The number of phenols is 1. The highest BCUT2D eigenvalue weighted by atomic mass is 16.4. The van der Waals surface area contributed by atoms with E-state index in [1.165, 1.54) is 12.1 Å². The summed E-state index contributed by atoms with van der Waals surface area (Å²) in [5, 5.41) is 23.3. The lowest BCUT2D eigenvalue weighted by Crippen LogP contribution is -2.37. The third-order valence-corrected chi connectivity index (χ3v) is 2.81. The second-order valence-corrected chi connectivity index (χ2v) is 4.19. The van der Waals surface area contributed by atoms with Gasteiger partial charge in [-0.15, -0.1) is 0 Å². The van der Waals surface area contributed by atoms with Gasteiger partial charge in [-0.05, 0) is 24.6 Å². The Labute approximate surface area is 108 Å². The average Bonchev–Trinajstić information content (AvgIpc) is 2.78. The lowest BCUT2D eigenvalue weighted by Gasteiger charge is -2.12. The van der Waals surface area contributed by atoms with E-state index in [0.29, 0.717) is 6.42 Å². The molecule has 1 aliphatic rings. The Morgan fingerprint density at radius 2 is 2.11 bits per heavy atom. The lowest BCUT2D eigenvalue weighted by atomic mass is 10.1. The number of anilines is 1. The van der Waals surface area contributed by atoms with Crippen LogP contribution in [0.25, 0.3) is 0 Å². The van der Waals surface area contributed by atoms with Crippen molar-refractivity contribution >= 4 is 23.5 Å². The number of phenolic OH excluding ortho intramolecular Hbond substituents is 1. The highest BCUT2D eigenvalue weighted by Crippen LogP contribution is 2.25. The van der Waals surface area contributed by atoms with Crippen molar-refractivity contribution < 1.29 is 24.6 Å². The fraction of sp³-hybridized carbons (Fsp3) is 0.250. The molecule has 1 fully saturated rings. The second kappa shape index (κ2) is 4.97. The zero-order chi connectivity index (χ0) is 14.0. The number of aromatic hydroxyl groups is 1. The molecule has 0 radical (unpaired) electrons. The minimum Gasteiger partial charge on any atom is -0.506 e. The molecule has 7 nitrogen and oxygen atoms in total. The fourth-order valence-electron chi connectivity index (χ4n) is 1.80. The molecule has 0 aromatic heterocycles. The van der Waals surface area contributed by atoms with Crippen molar-refractivity contribution in [3.8, 4) is 5.75 Å². The molecule has 0 spiro atoms. The molecule has 1 aromatic rings. The molecular formula is C12H12N2O5. The molecule has 1 aliphatic heterocycles. The van der Waals surface area contributed by atoms with Crippen molar-refractivity contribution in [1.82, 2.24) is 5.32 Å². The Hall–Kier alpha value is -2.57. The third kappa shape index (κ3) is 2.82. The van der Waals surface area contributed by atoms with Gasteiger partial charge < -0.3 is 20.8 Å². The Bertz CT molecular complexity index is 555. The quantitative estimate of drug-likeness (QED) is 0.586. The molecule has 1 atom stereocenters. The molecule has 100 valence electrons. The summed E-state index contributed by atoms with van der Waals surface area (Å²) >= 11 is 0. The van der Waals surface area contributed by atoms with Gasteiger partial charge in [-0.25, -0.2) is 4.79 Å². The van der Waals surface area contributed by atoms with E-state index in [-0.39, 0.29) is 29.3 Å². The van der Waals surface area contributed by atoms with Crippen LogP contribution < -0.4 is 10.6 Å².